The first-order valence-corrected chi connectivity index (χ1v) is 7.26. The maximum absolute atomic E-state index is 12.2. The second kappa shape index (κ2) is 7.52. The van der Waals surface area contributed by atoms with E-state index in [-0.39, 0.29) is 16.8 Å². The minimum Gasteiger partial charge on any atom is -0.403 e. The second-order valence-electron chi connectivity index (χ2n) is 4.58. The first-order valence-electron chi connectivity index (χ1n) is 6.51. The van der Waals surface area contributed by atoms with Crippen LogP contribution >= 0.6 is 23.2 Å². The van der Waals surface area contributed by atoms with Crippen LogP contribution in [0.1, 0.15) is 5.56 Å². The molecule has 1 aromatic carbocycles. The summed E-state index contributed by atoms with van der Waals surface area (Å²) < 4.78 is 24.3. The van der Waals surface area contributed by atoms with Crippen LogP contribution in [-0.2, 0) is 0 Å². The number of allylic oxidation sites excluding steroid dienone is 1. The van der Waals surface area contributed by atoms with Gasteiger partial charge in [-0.1, -0.05) is 23.2 Å². The third-order valence-corrected chi connectivity index (χ3v) is 3.59. The largest absolute Gasteiger partial charge is 0.403 e. The van der Waals surface area contributed by atoms with Gasteiger partial charge in [-0.2, -0.15) is 0 Å². The fourth-order valence-electron chi connectivity index (χ4n) is 1.73. The molecule has 0 fully saturated rings. The van der Waals surface area contributed by atoms with E-state index in [9.17, 15) is 8.78 Å². The maximum atomic E-state index is 12.2. The number of alkyl halides is 2. The fourth-order valence-corrected chi connectivity index (χ4v) is 2.08. The van der Waals surface area contributed by atoms with Crippen molar-refractivity contribution in [2.45, 2.75) is 13.3 Å². The summed E-state index contributed by atoms with van der Waals surface area (Å²) >= 11 is 11.9. The lowest BCUT2D eigenvalue weighted by Gasteiger charge is -2.09. The van der Waals surface area contributed by atoms with Gasteiger partial charge in [0.05, 0.1) is 11.2 Å². The van der Waals surface area contributed by atoms with Crippen LogP contribution in [0.2, 0.25) is 5.02 Å². The Labute approximate surface area is 141 Å². The zero-order chi connectivity index (χ0) is 17.0. The van der Waals surface area contributed by atoms with Crippen molar-refractivity contribution in [3.8, 4) is 0 Å². The van der Waals surface area contributed by atoms with Crippen LogP contribution in [0.4, 0.5) is 14.7 Å². The van der Waals surface area contributed by atoms with E-state index in [2.05, 4.69) is 20.3 Å². The topological polar surface area (TPSA) is 76.2 Å². The lowest BCUT2D eigenvalue weighted by molar-refractivity contribution is 0.159. The van der Waals surface area contributed by atoms with Crippen molar-refractivity contribution in [3.05, 3.63) is 40.8 Å². The predicted molar refractivity (Wildman–Crippen MR) is 89.3 cm³/mol. The molecule has 3 N–H and O–H groups in total. The van der Waals surface area contributed by atoms with Gasteiger partial charge in [0.1, 0.15) is 11.7 Å². The quantitative estimate of drug-likeness (QED) is 0.797. The number of aryl methyl sites for hydroxylation is 1. The molecule has 0 saturated carbocycles. The summed E-state index contributed by atoms with van der Waals surface area (Å²) in [5.74, 6) is 0.210. The van der Waals surface area contributed by atoms with Gasteiger partial charge >= 0.3 is 0 Å². The standard InChI is InChI=1S/C14H13Cl2F2N5/c1-7-2-10-8(3-9(7)15)5-21-14(22-10)23-11(4-19)13(16)20-6-12(17)18/h2-5,12H,6,19H2,1H3,(H,21,22,23). The first kappa shape index (κ1) is 17.4. The highest BCUT2D eigenvalue weighted by Crippen LogP contribution is 2.22. The van der Waals surface area contributed by atoms with Crippen LogP contribution in [-0.4, -0.2) is 28.1 Å². The Balaban J connectivity index is 2.26. The highest BCUT2D eigenvalue weighted by atomic mass is 35.5. The fraction of sp³-hybridized carbons (Fsp3) is 0.214. The Morgan fingerprint density at radius 1 is 1.48 bits per heavy atom. The Bertz CT molecular complexity index is 777. The molecule has 0 aliphatic carbocycles. The lowest BCUT2D eigenvalue weighted by Crippen LogP contribution is -2.12. The number of aromatic nitrogens is 2. The molecule has 0 aliphatic rings. The van der Waals surface area contributed by atoms with E-state index in [1.54, 1.807) is 12.3 Å². The SMILES string of the molecule is Cc1cc2nc(NC(=CN)C(Cl)=NCC(F)F)ncc2cc1Cl. The van der Waals surface area contributed by atoms with E-state index in [4.69, 9.17) is 28.9 Å². The van der Waals surface area contributed by atoms with Gasteiger partial charge < -0.3 is 11.1 Å². The summed E-state index contributed by atoms with van der Waals surface area (Å²) in [6.07, 6.45) is 0.0965. The van der Waals surface area contributed by atoms with Crippen molar-refractivity contribution in [1.29, 1.82) is 0 Å². The van der Waals surface area contributed by atoms with Gasteiger partial charge in [0, 0.05) is 22.8 Å². The summed E-state index contributed by atoms with van der Waals surface area (Å²) in [4.78, 5) is 11.9. The molecule has 0 radical (unpaired) electrons. The van der Waals surface area contributed by atoms with Gasteiger partial charge in [0.25, 0.3) is 6.43 Å². The molecule has 5 nitrogen and oxygen atoms in total. The molecule has 23 heavy (non-hydrogen) atoms. The summed E-state index contributed by atoms with van der Waals surface area (Å²) in [6.45, 7) is 1.14. The number of aliphatic imine (C=N–C) groups is 1. The van der Waals surface area contributed by atoms with Crippen molar-refractivity contribution in [3.63, 3.8) is 0 Å². The van der Waals surface area contributed by atoms with Crippen LogP contribution < -0.4 is 11.1 Å². The minimum atomic E-state index is -2.59. The van der Waals surface area contributed by atoms with Crippen LogP contribution in [0.3, 0.4) is 0 Å². The Hall–Kier alpha value is -1.99. The molecule has 2 aromatic rings. The molecule has 2 rings (SSSR count). The minimum absolute atomic E-state index is 0.136. The van der Waals surface area contributed by atoms with Gasteiger partial charge in [-0.3, -0.25) is 4.99 Å². The van der Waals surface area contributed by atoms with Crippen molar-refractivity contribution in [2.75, 3.05) is 11.9 Å². The van der Waals surface area contributed by atoms with Gasteiger partial charge in [-0.25, -0.2) is 18.7 Å². The molecule has 0 bridgehead atoms. The average molecular weight is 360 g/mol. The smallest absolute Gasteiger partial charge is 0.257 e. The number of fused-ring (bicyclic) bond motifs is 1. The second-order valence-corrected chi connectivity index (χ2v) is 5.35. The summed E-state index contributed by atoms with van der Waals surface area (Å²) in [5, 5.41) is 3.96. The molecule has 0 amide bonds. The molecule has 0 unspecified atom stereocenters. The number of nitrogens with one attached hydrogen (secondary N) is 1. The van der Waals surface area contributed by atoms with Crippen molar-refractivity contribution in [1.82, 2.24) is 9.97 Å². The van der Waals surface area contributed by atoms with E-state index in [1.165, 1.54) is 0 Å². The molecule has 122 valence electrons. The number of anilines is 1. The molecule has 0 spiro atoms. The molecule has 9 heteroatoms. The maximum Gasteiger partial charge on any atom is 0.257 e. The van der Waals surface area contributed by atoms with Gasteiger partial charge in [-0.05, 0) is 24.6 Å². The van der Waals surface area contributed by atoms with Crippen molar-refractivity contribution < 1.29 is 8.78 Å². The number of nitrogens with zero attached hydrogens (tertiary/aromatic N) is 3. The monoisotopic (exact) mass is 359 g/mol. The Morgan fingerprint density at radius 3 is 2.87 bits per heavy atom. The first-order chi connectivity index (χ1) is 10.9. The number of benzene rings is 1. The van der Waals surface area contributed by atoms with Gasteiger partial charge in [0.2, 0.25) is 5.95 Å². The lowest BCUT2D eigenvalue weighted by atomic mass is 10.2. The van der Waals surface area contributed by atoms with Gasteiger partial charge in [0.15, 0.2) is 0 Å². The van der Waals surface area contributed by atoms with Crippen LogP contribution in [0.25, 0.3) is 10.9 Å². The van der Waals surface area contributed by atoms with E-state index in [0.29, 0.717) is 10.5 Å². The third kappa shape index (κ3) is 4.49. The number of nitrogens with two attached hydrogens (primary N) is 1. The summed E-state index contributed by atoms with van der Waals surface area (Å²) in [7, 11) is 0. The normalized spacial score (nSPS) is 13.0. The molecule has 1 heterocycles. The average Bonchev–Trinajstić information content (AvgIpc) is 2.51. The zero-order valence-electron chi connectivity index (χ0n) is 12.0. The van der Waals surface area contributed by atoms with E-state index < -0.39 is 13.0 Å². The van der Waals surface area contributed by atoms with E-state index in [0.717, 1.165) is 17.1 Å². The number of rotatable bonds is 5. The number of hydrogen-bond acceptors (Lipinski definition) is 5. The number of halogens is 4. The Kier molecular flexibility index (Phi) is 5.68. The third-order valence-electron chi connectivity index (χ3n) is 2.86. The summed E-state index contributed by atoms with van der Waals surface area (Å²) in [5.41, 5.74) is 7.11. The molecule has 1 aromatic heterocycles. The molecule has 0 aliphatic heterocycles. The number of hydrogen-bond donors (Lipinski definition) is 2. The highest BCUT2D eigenvalue weighted by Gasteiger charge is 2.09. The van der Waals surface area contributed by atoms with Crippen molar-refractivity contribution in [2.24, 2.45) is 10.7 Å². The molecule has 0 atom stereocenters. The Morgan fingerprint density at radius 2 is 2.22 bits per heavy atom. The van der Waals surface area contributed by atoms with Gasteiger partial charge in [-0.15, -0.1) is 0 Å². The van der Waals surface area contributed by atoms with Crippen LogP contribution in [0.15, 0.2) is 35.2 Å². The highest BCUT2D eigenvalue weighted by molar-refractivity contribution is 6.69. The summed E-state index contributed by atoms with van der Waals surface area (Å²) in [6, 6.07) is 3.57. The predicted octanol–water partition coefficient (Wildman–Crippen LogP) is 3.71. The molecule has 0 saturated heterocycles. The van der Waals surface area contributed by atoms with E-state index >= 15 is 0 Å². The van der Waals surface area contributed by atoms with Crippen LogP contribution in [0, 0.1) is 6.92 Å². The zero-order valence-corrected chi connectivity index (χ0v) is 13.5. The molecular formula is C14H13Cl2F2N5. The molecular weight excluding hydrogens is 347 g/mol. The van der Waals surface area contributed by atoms with Crippen molar-refractivity contribution >= 4 is 45.2 Å². The van der Waals surface area contributed by atoms with E-state index in [1.807, 2.05) is 13.0 Å². The van der Waals surface area contributed by atoms with Crippen LogP contribution in [0.5, 0.6) is 0 Å².